The monoisotopic (exact) mass is 447 g/mol. The van der Waals surface area contributed by atoms with Crippen molar-refractivity contribution in [2.75, 3.05) is 20.3 Å². The molecule has 3 aromatic rings. The van der Waals surface area contributed by atoms with Crippen molar-refractivity contribution in [1.82, 2.24) is 4.90 Å². The molecule has 5 rings (SSSR count). The van der Waals surface area contributed by atoms with Gasteiger partial charge < -0.3 is 14.4 Å². The summed E-state index contributed by atoms with van der Waals surface area (Å²) in [4.78, 5) is 16.3. The fraction of sp³-hybridized carbons (Fsp3) is 0.370. The highest BCUT2D eigenvalue weighted by molar-refractivity contribution is 7.10. The van der Waals surface area contributed by atoms with E-state index < -0.39 is 0 Å². The summed E-state index contributed by atoms with van der Waals surface area (Å²) in [5.74, 6) is 0.294. The van der Waals surface area contributed by atoms with Crippen molar-refractivity contribution in [1.29, 1.82) is 0 Å². The Morgan fingerprint density at radius 1 is 1.06 bits per heavy atom. The van der Waals surface area contributed by atoms with E-state index in [4.69, 9.17) is 9.47 Å². The van der Waals surface area contributed by atoms with E-state index in [-0.39, 0.29) is 30.1 Å². The number of carbonyl (C=O) groups is 1. The number of thiophene rings is 1. The Hall–Kier alpha value is -2.63. The lowest BCUT2D eigenvalue weighted by molar-refractivity contribution is -0.0315. The molecule has 0 spiro atoms. The highest BCUT2D eigenvalue weighted by Crippen LogP contribution is 2.44. The summed E-state index contributed by atoms with van der Waals surface area (Å²) in [5.41, 5.74) is 6.14. The number of amides is 1. The van der Waals surface area contributed by atoms with E-state index in [0.717, 1.165) is 6.42 Å². The van der Waals surface area contributed by atoms with E-state index in [1.54, 1.807) is 16.2 Å². The topological polar surface area (TPSA) is 38.8 Å². The molecule has 0 bridgehead atoms. The fourth-order valence-electron chi connectivity index (χ4n) is 5.28. The van der Waals surface area contributed by atoms with Crippen LogP contribution in [0.5, 0.6) is 0 Å². The van der Waals surface area contributed by atoms with Gasteiger partial charge in [-0.2, -0.15) is 0 Å². The number of carbonyl (C=O) groups excluding carboxylic acids is 1. The first-order valence-corrected chi connectivity index (χ1v) is 12.2. The van der Waals surface area contributed by atoms with E-state index in [0.29, 0.717) is 13.2 Å². The molecular formula is C27H29NO3S. The minimum atomic E-state index is -0.295. The van der Waals surface area contributed by atoms with Crippen LogP contribution in [0.15, 0.2) is 60.0 Å². The zero-order valence-electron chi connectivity index (χ0n) is 18.8. The molecule has 166 valence electrons. The highest BCUT2D eigenvalue weighted by Gasteiger charge is 2.37. The highest BCUT2D eigenvalue weighted by atomic mass is 32.1. The second-order valence-corrected chi connectivity index (χ2v) is 9.99. The van der Waals surface area contributed by atoms with Crippen molar-refractivity contribution in [3.8, 4) is 11.1 Å². The summed E-state index contributed by atoms with van der Waals surface area (Å²) in [6.07, 6.45) is 0.537. The number of rotatable bonds is 5. The zero-order chi connectivity index (χ0) is 22.2. The van der Waals surface area contributed by atoms with Crippen LogP contribution < -0.4 is 0 Å². The van der Waals surface area contributed by atoms with Crippen molar-refractivity contribution in [3.05, 3.63) is 81.5 Å². The number of likely N-dealkylation sites (N-methyl/N-ethyl adjacent to an activating group) is 1. The van der Waals surface area contributed by atoms with Gasteiger partial charge in [0.15, 0.2) is 0 Å². The first kappa shape index (κ1) is 21.2. The van der Waals surface area contributed by atoms with Crippen molar-refractivity contribution >= 4 is 17.4 Å². The predicted molar refractivity (Wildman–Crippen MR) is 128 cm³/mol. The van der Waals surface area contributed by atoms with Gasteiger partial charge in [0.2, 0.25) is 0 Å². The standard InChI is InChI=1S/C27H29NO3S/c1-17(2)25(26-22-13-15-32-24(22)12-14-30-26)28(3)27(29)31-16-23-20-10-6-4-8-18(20)19-9-5-7-11-21(19)23/h4-11,13,15,17,23,25-26H,12,14,16H2,1-3H3. The van der Waals surface area contributed by atoms with E-state index in [2.05, 4.69) is 73.8 Å². The van der Waals surface area contributed by atoms with Gasteiger partial charge in [-0.25, -0.2) is 4.79 Å². The van der Waals surface area contributed by atoms with Crippen LogP contribution in [0.3, 0.4) is 0 Å². The number of hydrogen-bond acceptors (Lipinski definition) is 4. The average Bonchev–Trinajstić information content (AvgIpc) is 3.41. The third-order valence-corrected chi connectivity index (χ3v) is 7.77. The van der Waals surface area contributed by atoms with Crippen LogP contribution in [-0.4, -0.2) is 37.3 Å². The summed E-state index contributed by atoms with van der Waals surface area (Å²) in [6.45, 7) is 5.31. The summed E-state index contributed by atoms with van der Waals surface area (Å²) in [6, 6.07) is 18.9. The smallest absolute Gasteiger partial charge is 0.409 e. The zero-order valence-corrected chi connectivity index (χ0v) is 19.6. The molecule has 2 unspecified atom stereocenters. The molecule has 0 fully saturated rings. The van der Waals surface area contributed by atoms with Gasteiger partial charge in [0.1, 0.15) is 12.7 Å². The van der Waals surface area contributed by atoms with Crippen molar-refractivity contribution in [3.63, 3.8) is 0 Å². The molecule has 2 heterocycles. The normalized spacial score (nSPS) is 18.1. The van der Waals surface area contributed by atoms with E-state index in [1.165, 1.54) is 32.7 Å². The van der Waals surface area contributed by atoms with Crippen LogP contribution in [0, 0.1) is 5.92 Å². The Kier molecular flexibility index (Phi) is 5.78. The van der Waals surface area contributed by atoms with E-state index in [9.17, 15) is 4.79 Å². The molecule has 2 atom stereocenters. The SMILES string of the molecule is CC(C)C(C1OCCc2sccc21)N(C)C(=O)OCC1c2ccccc2-c2ccccc21. The maximum atomic E-state index is 13.2. The molecule has 1 aliphatic carbocycles. The minimum Gasteiger partial charge on any atom is -0.448 e. The molecule has 2 aromatic carbocycles. The second-order valence-electron chi connectivity index (χ2n) is 8.99. The van der Waals surface area contributed by atoms with Gasteiger partial charge in [-0.1, -0.05) is 62.4 Å². The molecule has 2 aliphatic rings. The lowest BCUT2D eigenvalue weighted by Crippen LogP contribution is -2.46. The Bertz CT molecular complexity index is 1080. The molecule has 0 N–H and O–H groups in total. The van der Waals surface area contributed by atoms with Crippen molar-refractivity contribution in [2.45, 2.75) is 38.3 Å². The van der Waals surface area contributed by atoms with E-state index >= 15 is 0 Å². The van der Waals surface area contributed by atoms with Gasteiger partial charge >= 0.3 is 6.09 Å². The number of nitrogens with zero attached hydrogens (tertiary/aromatic N) is 1. The lowest BCUT2D eigenvalue weighted by atomic mass is 9.91. The van der Waals surface area contributed by atoms with Crippen LogP contribution >= 0.6 is 11.3 Å². The van der Waals surface area contributed by atoms with Crippen LogP contribution in [0.4, 0.5) is 4.79 Å². The maximum absolute atomic E-state index is 13.2. The van der Waals surface area contributed by atoms with Crippen molar-refractivity contribution < 1.29 is 14.3 Å². The van der Waals surface area contributed by atoms with Gasteiger partial charge in [-0.05, 0) is 45.2 Å². The maximum Gasteiger partial charge on any atom is 0.409 e. The molecule has 0 saturated carbocycles. The Balaban J connectivity index is 1.34. The number of hydrogen-bond donors (Lipinski definition) is 0. The first-order chi connectivity index (χ1) is 15.6. The van der Waals surface area contributed by atoms with Crippen molar-refractivity contribution in [2.24, 2.45) is 5.92 Å². The summed E-state index contributed by atoms with van der Waals surface area (Å²) in [7, 11) is 1.84. The lowest BCUT2D eigenvalue weighted by Gasteiger charge is -2.38. The molecule has 32 heavy (non-hydrogen) atoms. The largest absolute Gasteiger partial charge is 0.448 e. The van der Waals surface area contributed by atoms with E-state index in [1.807, 2.05) is 7.05 Å². The number of benzene rings is 2. The Morgan fingerprint density at radius 3 is 2.38 bits per heavy atom. The van der Waals surface area contributed by atoms with Crippen LogP contribution in [-0.2, 0) is 15.9 Å². The minimum absolute atomic E-state index is 0.0617. The third-order valence-electron chi connectivity index (χ3n) is 6.78. The van der Waals surface area contributed by atoms with Gasteiger partial charge in [0.25, 0.3) is 0 Å². The summed E-state index contributed by atoms with van der Waals surface area (Å²) >= 11 is 1.78. The average molecular weight is 448 g/mol. The number of fused-ring (bicyclic) bond motifs is 4. The Morgan fingerprint density at radius 2 is 1.72 bits per heavy atom. The van der Waals surface area contributed by atoms with Crippen LogP contribution in [0.2, 0.25) is 0 Å². The molecule has 5 heteroatoms. The molecule has 1 aromatic heterocycles. The summed E-state index contributed by atoms with van der Waals surface area (Å²) in [5, 5.41) is 2.12. The number of ether oxygens (including phenoxy) is 2. The van der Waals surface area contributed by atoms with Gasteiger partial charge in [0, 0.05) is 24.3 Å². The van der Waals surface area contributed by atoms with Gasteiger partial charge in [-0.3, -0.25) is 0 Å². The van der Waals surface area contributed by atoms with Gasteiger partial charge in [-0.15, -0.1) is 11.3 Å². The Labute approximate surface area is 193 Å². The van der Waals surface area contributed by atoms with Gasteiger partial charge in [0.05, 0.1) is 12.6 Å². The fourth-order valence-corrected chi connectivity index (χ4v) is 6.18. The molecule has 1 amide bonds. The molecule has 1 aliphatic heterocycles. The molecule has 4 nitrogen and oxygen atoms in total. The second kappa shape index (κ2) is 8.72. The molecule has 0 radical (unpaired) electrons. The predicted octanol–water partition coefficient (Wildman–Crippen LogP) is 6.27. The van der Waals surface area contributed by atoms with Crippen LogP contribution in [0.1, 0.15) is 47.4 Å². The quantitative estimate of drug-likeness (QED) is 0.463. The molecule has 0 saturated heterocycles. The van der Waals surface area contributed by atoms with Crippen LogP contribution in [0.25, 0.3) is 11.1 Å². The first-order valence-electron chi connectivity index (χ1n) is 11.3. The molecular weight excluding hydrogens is 418 g/mol. The summed E-state index contributed by atoms with van der Waals surface area (Å²) < 4.78 is 12.1. The third kappa shape index (κ3) is 3.63.